The van der Waals surface area contributed by atoms with Crippen molar-refractivity contribution in [2.75, 3.05) is 19.0 Å². The molecule has 0 bridgehead atoms. The van der Waals surface area contributed by atoms with Gasteiger partial charge in [0.25, 0.3) is 5.91 Å². The number of nitrogens with one attached hydrogen (secondary N) is 1. The first-order valence-corrected chi connectivity index (χ1v) is 12.7. The highest BCUT2D eigenvalue weighted by Gasteiger charge is 2.59. The molecule has 0 aromatic heterocycles. The lowest BCUT2D eigenvalue weighted by molar-refractivity contribution is -0.144. The third-order valence-electron chi connectivity index (χ3n) is 8.54. The number of aliphatic hydroxyl groups excluding tert-OH is 2. The number of amides is 1. The number of carbonyl (C=O) groups is 3. The van der Waals surface area contributed by atoms with Gasteiger partial charge in [-0.1, -0.05) is 12.8 Å². The summed E-state index contributed by atoms with van der Waals surface area (Å²) in [7, 11) is 3.70. The van der Waals surface area contributed by atoms with E-state index < -0.39 is 52.0 Å². The molecule has 10 heteroatoms. The maximum absolute atomic E-state index is 13.9. The van der Waals surface area contributed by atoms with E-state index in [4.69, 9.17) is 5.73 Å². The van der Waals surface area contributed by atoms with Gasteiger partial charge in [0, 0.05) is 55.8 Å². The average Bonchev–Trinajstić information content (AvgIpc) is 3.34. The van der Waals surface area contributed by atoms with Crippen molar-refractivity contribution in [1.29, 1.82) is 0 Å². The van der Waals surface area contributed by atoms with Gasteiger partial charge in [-0.2, -0.15) is 0 Å². The molecule has 0 radical (unpaired) electrons. The Labute approximate surface area is 214 Å². The summed E-state index contributed by atoms with van der Waals surface area (Å²) in [5, 5.41) is 47.6. The second-order valence-corrected chi connectivity index (χ2v) is 10.9. The molecule has 1 amide bonds. The van der Waals surface area contributed by atoms with Gasteiger partial charge in [-0.05, 0) is 43.2 Å². The van der Waals surface area contributed by atoms with Gasteiger partial charge in [-0.25, -0.2) is 0 Å². The molecule has 5 rings (SSSR count). The van der Waals surface area contributed by atoms with Gasteiger partial charge in [0.05, 0.1) is 5.56 Å². The predicted octanol–water partition coefficient (Wildman–Crippen LogP) is 1.68. The van der Waals surface area contributed by atoms with Crippen LogP contribution in [0.3, 0.4) is 0 Å². The van der Waals surface area contributed by atoms with E-state index in [0.717, 1.165) is 31.4 Å². The molecule has 0 aliphatic heterocycles. The maximum atomic E-state index is 13.9. The number of phenolic OH excluding ortho intramolecular Hbond substituents is 1. The first-order valence-electron chi connectivity index (χ1n) is 12.7. The monoisotopic (exact) mass is 511 g/mol. The van der Waals surface area contributed by atoms with E-state index in [1.807, 2.05) is 25.1 Å². The highest BCUT2D eigenvalue weighted by Crippen LogP contribution is 2.52. The largest absolute Gasteiger partial charge is 0.511 e. The van der Waals surface area contributed by atoms with Crippen molar-refractivity contribution >= 4 is 23.2 Å². The highest BCUT2D eigenvalue weighted by molar-refractivity contribution is 6.24. The molecule has 1 saturated carbocycles. The van der Waals surface area contributed by atoms with E-state index in [-0.39, 0.29) is 36.1 Å². The maximum Gasteiger partial charge on any atom is 0.255 e. The third-order valence-corrected chi connectivity index (χ3v) is 8.54. The van der Waals surface area contributed by atoms with Crippen LogP contribution in [0.5, 0.6) is 5.75 Å². The quantitative estimate of drug-likeness (QED) is 0.321. The summed E-state index contributed by atoms with van der Waals surface area (Å²) in [5.41, 5.74) is 3.77. The smallest absolute Gasteiger partial charge is 0.255 e. The zero-order valence-electron chi connectivity index (χ0n) is 21.0. The summed E-state index contributed by atoms with van der Waals surface area (Å²) in [6, 6.07) is 2.21. The van der Waals surface area contributed by atoms with E-state index in [1.54, 1.807) is 0 Å². The molecule has 0 unspecified atom stereocenters. The second-order valence-electron chi connectivity index (χ2n) is 10.9. The van der Waals surface area contributed by atoms with Crippen LogP contribution in [-0.4, -0.2) is 63.6 Å². The van der Waals surface area contributed by atoms with Gasteiger partial charge < -0.3 is 36.4 Å². The molecule has 0 heterocycles. The lowest BCUT2D eigenvalue weighted by Crippen LogP contribution is -2.57. The summed E-state index contributed by atoms with van der Waals surface area (Å²) >= 11 is 0. The molecule has 7 N–H and O–H groups in total. The molecule has 1 aromatic rings. The minimum Gasteiger partial charge on any atom is -0.511 e. The first kappa shape index (κ1) is 25.3. The van der Waals surface area contributed by atoms with E-state index >= 15 is 0 Å². The molecular weight excluding hydrogens is 478 g/mol. The minimum absolute atomic E-state index is 0.0473. The Bertz CT molecular complexity index is 1280. The second kappa shape index (κ2) is 8.88. The van der Waals surface area contributed by atoms with Gasteiger partial charge >= 0.3 is 0 Å². The highest BCUT2D eigenvalue weighted by atomic mass is 16.3. The van der Waals surface area contributed by atoms with Crippen LogP contribution in [0.4, 0.5) is 5.69 Å². The lowest BCUT2D eigenvalue weighted by Gasteiger charge is -2.46. The number of allylic oxidation sites excluding steroid dienone is 2. The molecule has 3 atom stereocenters. The van der Waals surface area contributed by atoms with E-state index in [1.165, 1.54) is 0 Å². The fourth-order valence-corrected chi connectivity index (χ4v) is 6.64. The number of nitrogens with zero attached hydrogens (tertiary/aromatic N) is 1. The normalized spacial score (nSPS) is 27.8. The van der Waals surface area contributed by atoms with Crippen LogP contribution < -0.4 is 16.0 Å². The van der Waals surface area contributed by atoms with Crippen molar-refractivity contribution in [3.63, 3.8) is 0 Å². The summed E-state index contributed by atoms with van der Waals surface area (Å²) < 4.78 is 0. The fraction of sp³-hybridized carbons (Fsp3) is 0.519. The summed E-state index contributed by atoms with van der Waals surface area (Å²) in [4.78, 5) is 40.7. The van der Waals surface area contributed by atoms with E-state index in [2.05, 4.69) is 5.32 Å². The predicted molar refractivity (Wildman–Crippen MR) is 134 cm³/mol. The molecule has 37 heavy (non-hydrogen) atoms. The van der Waals surface area contributed by atoms with Crippen LogP contribution >= 0.6 is 0 Å². The van der Waals surface area contributed by atoms with Gasteiger partial charge in [0.1, 0.15) is 22.8 Å². The number of anilines is 1. The number of hydrogen-bond donors (Lipinski definition) is 6. The van der Waals surface area contributed by atoms with Crippen molar-refractivity contribution in [3.8, 4) is 5.75 Å². The standard InChI is InChI=1S/C27H33N3O7/c1-30(2)17-9-13(11-29-15-5-3-4-6-15)22(32)20-16(17)8-12-7-14-10-18(31)21(26(28)36)25(35)27(14,37)24(34)19(12)23(20)33/h9,12,14-15,29,31-32,34,37H,3-8,10-11H2,1-2H3,(H2,28,36)/t12-,14+,27+/m1/s1. The molecule has 4 aliphatic carbocycles. The molecule has 0 spiro atoms. The number of aromatic hydroxyl groups is 1. The third kappa shape index (κ3) is 3.73. The molecule has 1 aromatic carbocycles. The van der Waals surface area contributed by atoms with Gasteiger partial charge in [-0.15, -0.1) is 0 Å². The Morgan fingerprint density at radius 3 is 2.46 bits per heavy atom. The lowest BCUT2D eigenvalue weighted by atomic mass is 9.60. The molecule has 0 saturated heterocycles. The van der Waals surface area contributed by atoms with Crippen molar-refractivity contribution in [2.24, 2.45) is 17.6 Å². The number of Topliss-reactive ketones (excluding diaryl/α,β-unsaturated/α-hetero) is 2. The zero-order valence-corrected chi connectivity index (χ0v) is 21.0. The van der Waals surface area contributed by atoms with Crippen LogP contribution in [0.25, 0.3) is 0 Å². The number of carbonyl (C=O) groups excluding carboxylic acids is 3. The van der Waals surface area contributed by atoms with Crippen LogP contribution in [-0.2, 0) is 22.6 Å². The Morgan fingerprint density at radius 1 is 1.16 bits per heavy atom. The number of nitrogens with two attached hydrogens (primary N) is 1. The van der Waals surface area contributed by atoms with Crippen molar-refractivity contribution in [3.05, 3.63) is 45.4 Å². The number of fused-ring (bicyclic) bond motifs is 3. The molecule has 198 valence electrons. The van der Waals surface area contributed by atoms with Gasteiger partial charge in [0.2, 0.25) is 5.78 Å². The fourth-order valence-electron chi connectivity index (χ4n) is 6.64. The Balaban J connectivity index is 1.61. The molecule has 10 nitrogen and oxygen atoms in total. The molecule has 1 fully saturated rings. The number of benzene rings is 1. The number of aliphatic hydroxyl groups is 3. The number of hydrogen-bond acceptors (Lipinski definition) is 9. The molecule has 4 aliphatic rings. The van der Waals surface area contributed by atoms with Crippen LogP contribution in [0.15, 0.2) is 28.7 Å². The summed E-state index contributed by atoms with van der Waals surface area (Å²) in [6.07, 6.45) is 4.56. The summed E-state index contributed by atoms with van der Waals surface area (Å²) in [6.45, 7) is 0.364. The number of phenols is 1. The number of rotatable bonds is 5. The molecular formula is C27H33N3O7. The van der Waals surface area contributed by atoms with Crippen molar-refractivity contribution in [2.45, 2.75) is 63.1 Å². The Kier molecular flexibility index (Phi) is 6.07. The topological polar surface area (TPSA) is 173 Å². The van der Waals surface area contributed by atoms with Crippen molar-refractivity contribution < 1.29 is 34.8 Å². The van der Waals surface area contributed by atoms with Gasteiger partial charge in [0.15, 0.2) is 11.4 Å². The number of ketones is 2. The SMILES string of the molecule is CN(C)c1cc(CNC2CCCC2)c(O)c2c1C[C@H]1C[C@H]3CC(O)=C(C(N)=O)C(=O)[C@@]3(O)C(O)=C1C2=O. The Morgan fingerprint density at radius 2 is 1.84 bits per heavy atom. The zero-order chi connectivity index (χ0) is 26.8. The Hall–Kier alpha value is -3.37. The van der Waals surface area contributed by atoms with Crippen LogP contribution in [0.1, 0.15) is 60.0 Å². The van der Waals surface area contributed by atoms with E-state index in [9.17, 15) is 34.8 Å². The minimum atomic E-state index is -2.56. The van der Waals surface area contributed by atoms with Crippen LogP contribution in [0.2, 0.25) is 0 Å². The first-order chi connectivity index (χ1) is 17.5. The number of primary amides is 1. The van der Waals surface area contributed by atoms with E-state index in [0.29, 0.717) is 23.7 Å². The van der Waals surface area contributed by atoms with Crippen molar-refractivity contribution in [1.82, 2.24) is 5.32 Å². The van der Waals surface area contributed by atoms with Crippen LogP contribution in [0, 0.1) is 11.8 Å². The summed E-state index contributed by atoms with van der Waals surface area (Å²) in [5.74, 6) is -6.15. The van der Waals surface area contributed by atoms with Gasteiger partial charge in [-0.3, -0.25) is 14.4 Å². The average molecular weight is 512 g/mol.